The number of ether oxygens (including phenoxy) is 1. The second-order valence-corrected chi connectivity index (χ2v) is 8.18. The predicted octanol–water partition coefficient (Wildman–Crippen LogP) is 3.82. The lowest BCUT2D eigenvalue weighted by atomic mass is 9.83. The van der Waals surface area contributed by atoms with E-state index in [0.29, 0.717) is 5.92 Å². The lowest BCUT2D eigenvalue weighted by molar-refractivity contribution is -0.121. The maximum absolute atomic E-state index is 13.1. The van der Waals surface area contributed by atoms with Gasteiger partial charge in [-0.3, -0.25) is 9.48 Å². The van der Waals surface area contributed by atoms with E-state index < -0.39 is 0 Å². The zero-order valence-electron chi connectivity index (χ0n) is 14.4. The van der Waals surface area contributed by atoms with Crippen LogP contribution in [-0.2, 0) is 21.5 Å². The maximum atomic E-state index is 13.1. The van der Waals surface area contributed by atoms with E-state index in [4.69, 9.17) is 4.74 Å². The second kappa shape index (κ2) is 7.30. The normalized spacial score (nSPS) is 20.6. The Morgan fingerprint density at radius 2 is 2.16 bits per heavy atom. The number of amides is 1. The second-order valence-electron chi connectivity index (χ2n) is 7.23. The number of carbonyl (C=O) groups is 1. The summed E-state index contributed by atoms with van der Waals surface area (Å²) in [4.78, 5) is 14.3. The zero-order valence-corrected chi connectivity index (χ0v) is 15.3. The van der Waals surface area contributed by atoms with Crippen LogP contribution < -0.4 is 5.32 Å². The van der Waals surface area contributed by atoms with Crippen molar-refractivity contribution in [3.63, 3.8) is 0 Å². The predicted molar refractivity (Wildman–Crippen MR) is 98.9 cm³/mol. The Morgan fingerprint density at radius 1 is 1.36 bits per heavy atom. The molecule has 0 bridgehead atoms. The van der Waals surface area contributed by atoms with Gasteiger partial charge in [0.15, 0.2) is 0 Å². The minimum Gasteiger partial charge on any atom is -0.381 e. The van der Waals surface area contributed by atoms with E-state index in [9.17, 15) is 4.79 Å². The van der Waals surface area contributed by atoms with Gasteiger partial charge in [-0.05, 0) is 43.0 Å². The summed E-state index contributed by atoms with van der Waals surface area (Å²) in [5.74, 6) is 0.738. The molecule has 2 fully saturated rings. The zero-order chi connectivity index (χ0) is 17.1. The van der Waals surface area contributed by atoms with Crippen LogP contribution in [0, 0.1) is 5.92 Å². The van der Waals surface area contributed by atoms with Gasteiger partial charge in [-0.2, -0.15) is 5.10 Å². The Bertz CT molecular complexity index is 698. The Balaban J connectivity index is 1.43. The van der Waals surface area contributed by atoms with Gasteiger partial charge in [-0.1, -0.05) is 18.9 Å². The van der Waals surface area contributed by atoms with Crippen molar-refractivity contribution in [1.29, 1.82) is 0 Å². The van der Waals surface area contributed by atoms with Gasteiger partial charge in [0.1, 0.15) is 0 Å². The highest BCUT2D eigenvalue weighted by molar-refractivity contribution is 7.10. The molecule has 2 aliphatic rings. The van der Waals surface area contributed by atoms with Crippen molar-refractivity contribution in [3.05, 3.63) is 34.8 Å². The number of carbonyl (C=O) groups excluding carboxylic acids is 1. The first-order valence-electron chi connectivity index (χ1n) is 9.22. The number of nitrogens with zero attached hydrogens (tertiary/aromatic N) is 2. The molecule has 0 aromatic carbocycles. The van der Waals surface area contributed by atoms with E-state index in [1.165, 1.54) is 4.88 Å². The molecule has 2 aromatic rings. The first-order chi connectivity index (χ1) is 12.3. The number of nitrogens with one attached hydrogen (secondary N) is 1. The summed E-state index contributed by atoms with van der Waals surface area (Å²) in [6, 6.07) is 4.14. The van der Waals surface area contributed by atoms with E-state index in [-0.39, 0.29) is 11.3 Å². The number of aromatic nitrogens is 2. The Kier molecular flexibility index (Phi) is 4.90. The first-order valence-corrected chi connectivity index (χ1v) is 10.1. The summed E-state index contributed by atoms with van der Waals surface area (Å²) in [7, 11) is 0. The van der Waals surface area contributed by atoms with Gasteiger partial charge in [0, 0.05) is 30.8 Å². The summed E-state index contributed by atoms with van der Waals surface area (Å²) in [6.45, 7) is 2.59. The van der Waals surface area contributed by atoms with E-state index in [2.05, 4.69) is 21.9 Å². The van der Waals surface area contributed by atoms with Crippen LogP contribution in [0.5, 0.6) is 0 Å². The topological polar surface area (TPSA) is 56.2 Å². The van der Waals surface area contributed by atoms with Crippen molar-refractivity contribution in [2.45, 2.75) is 50.5 Å². The SMILES string of the molecule is O=C(Nc1cnn(CC2CCOCC2)c1)C1(c2cccs2)CCCC1. The highest BCUT2D eigenvalue weighted by Crippen LogP contribution is 2.43. The molecule has 0 atom stereocenters. The average Bonchev–Trinajstić information content (AvgIpc) is 3.38. The van der Waals surface area contributed by atoms with Crippen LogP contribution in [-0.4, -0.2) is 28.9 Å². The van der Waals surface area contributed by atoms with Crippen molar-refractivity contribution in [2.75, 3.05) is 18.5 Å². The Labute approximate surface area is 152 Å². The standard InChI is InChI=1S/C19H25N3O2S/c23-18(19(7-1-2-8-19)17-4-3-11-25-17)21-16-12-20-22(14-16)13-15-5-9-24-10-6-15/h3-4,11-12,14-15H,1-2,5-10,13H2,(H,21,23). The molecule has 134 valence electrons. The number of hydrogen-bond acceptors (Lipinski definition) is 4. The van der Waals surface area contributed by atoms with Gasteiger partial charge >= 0.3 is 0 Å². The van der Waals surface area contributed by atoms with Gasteiger partial charge in [-0.25, -0.2) is 0 Å². The third-order valence-electron chi connectivity index (χ3n) is 5.56. The van der Waals surface area contributed by atoms with Gasteiger partial charge < -0.3 is 10.1 Å². The van der Waals surface area contributed by atoms with Gasteiger partial charge in [0.2, 0.25) is 5.91 Å². The third kappa shape index (κ3) is 3.51. The summed E-state index contributed by atoms with van der Waals surface area (Å²) in [5.41, 5.74) is 0.455. The van der Waals surface area contributed by atoms with Crippen molar-refractivity contribution >= 4 is 22.9 Å². The fourth-order valence-corrected chi connectivity index (χ4v) is 5.07. The van der Waals surface area contributed by atoms with Crippen LogP contribution in [0.15, 0.2) is 29.9 Å². The van der Waals surface area contributed by atoms with Crippen LogP contribution in [0.25, 0.3) is 0 Å². The average molecular weight is 359 g/mol. The number of hydrogen-bond donors (Lipinski definition) is 1. The van der Waals surface area contributed by atoms with Gasteiger partial charge in [0.25, 0.3) is 0 Å². The van der Waals surface area contributed by atoms with E-state index in [1.54, 1.807) is 17.5 Å². The lowest BCUT2D eigenvalue weighted by Gasteiger charge is -2.26. The molecule has 1 aliphatic heterocycles. The Morgan fingerprint density at radius 3 is 2.88 bits per heavy atom. The van der Waals surface area contributed by atoms with Crippen molar-refractivity contribution in [2.24, 2.45) is 5.92 Å². The van der Waals surface area contributed by atoms with Crippen LogP contribution in [0.4, 0.5) is 5.69 Å². The van der Waals surface area contributed by atoms with Crippen LogP contribution in [0.2, 0.25) is 0 Å². The van der Waals surface area contributed by atoms with Crippen LogP contribution >= 0.6 is 11.3 Å². The molecule has 2 aromatic heterocycles. The lowest BCUT2D eigenvalue weighted by Crippen LogP contribution is -2.37. The first kappa shape index (κ1) is 16.8. The minimum absolute atomic E-state index is 0.123. The molecular formula is C19H25N3O2S. The maximum Gasteiger partial charge on any atom is 0.235 e. The summed E-state index contributed by atoms with van der Waals surface area (Å²) in [5, 5.41) is 9.63. The smallest absolute Gasteiger partial charge is 0.235 e. The summed E-state index contributed by atoms with van der Waals surface area (Å²) < 4.78 is 7.37. The fourth-order valence-electron chi connectivity index (χ4n) is 4.09. The Hall–Kier alpha value is -1.66. The molecule has 1 aliphatic carbocycles. The van der Waals surface area contributed by atoms with Crippen molar-refractivity contribution < 1.29 is 9.53 Å². The highest BCUT2D eigenvalue weighted by atomic mass is 32.1. The van der Waals surface area contributed by atoms with Crippen LogP contribution in [0.3, 0.4) is 0 Å². The molecule has 1 N–H and O–H groups in total. The van der Waals surface area contributed by atoms with Crippen molar-refractivity contribution in [3.8, 4) is 0 Å². The van der Waals surface area contributed by atoms with E-state index in [0.717, 1.165) is 64.0 Å². The third-order valence-corrected chi connectivity index (χ3v) is 6.64. The molecule has 0 radical (unpaired) electrons. The molecule has 6 heteroatoms. The van der Waals surface area contributed by atoms with E-state index in [1.807, 2.05) is 16.9 Å². The molecule has 0 spiro atoms. The quantitative estimate of drug-likeness (QED) is 0.883. The molecule has 1 saturated heterocycles. The summed E-state index contributed by atoms with van der Waals surface area (Å²) >= 11 is 1.69. The molecule has 0 unspecified atom stereocenters. The van der Waals surface area contributed by atoms with E-state index >= 15 is 0 Å². The molecule has 1 amide bonds. The molecule has 25 heavy (non-hydrogen) atoms. The molecule has 3 heterocycles. The monoisotopic (exact) mass is 359 g/mol. The fraction of sp³-hybridized carbons (Fsp3) is 0.579. The molecule has 5 nitrogen and oxygen atoms in total. The number of thiophene rings is 1. The highest BCUT2D eigenvalue weighted by Gasteiger charge is 2.43. The summed E-state index contributed by atoms with van der Waals surface area (Å²) in [6.07, 6.45) is 10.0. The number of anilines is 1. The number of rotatable bonds is 5. The molecule has 1 saturated carbocycles. The van der Waals surface area contributed by atoms with Crippen LogP contribution in [0.1, 0.15) is 43.4 Å². The largest absolute Gasteiger partial charge is 0.381 e. The molecule has 4 rings (SSSR count). The molecular weight excluding hydrogens is 334 g/mol. The minimum atomic E-state index is -0.350. The van der Waals surface area contributed by atoms with Gasteiger partial charge in [0.05, 0.1) is 17.3 Å². The van der Waals surface area contributed by atoms with Gasteiger partial charge in [-0.15, -0.1) is 11.3 Å². The van der Waals surface area contributed by atoms with Crippen molar-refractivity contribution in [1.82, 2.24) is 9.78 Å².